The van der Waals surface area contributed by atoms with Crippen molar-refractivity contribution in [3.63, 3.8) is 0 Å². The number of hydrazone groups is 1. The molecule has 0 amide bonds. The summed E-state index contributed by atoms with van der Waals surface area (Å²) in [5, 5.41) is 9.65. The summed E-state index contributed by atoms with van der Waals surface area (Å²) in [5.41, 5.74) is 4.26. The fourth-order valence-corrected chi connectivity index (χ4v) is 6.09. The van der Waals surface area contributed by atoms with Crippen LogP contribution in [-0.2, 0) is 0 Å². The lowest BCUT2D eigenvalue weighted by Gasteiger charge is -2.39. The number of nitrogens with zero attached hydrogens (tertiary/aromatic N) is 2. The molecule has 0 aromatic heterocycles. The largest absolute Gasteiger partial charge is 0.496 e. The molecular formula is C27H20Br2N2O2. The van der Waals surface area contributed by atoms with Crippen molar-refractivity contribution < 1.29 is 9.47 Å². The Kier molecular flexibility index (Phi) is 5.15. The standard InChI is InChI=1S/C27H20Br2N2O2/c1-32-25-9-5-4-8-20(25)27-31-24(21-13-19(28)14-22(29)26(21)33-27)15-23(30-31)18-11-10-16-6-2-3-7-17(16)12-18/h2-14,24,27H,15H2,1H3/t24-,27+/m0/s1. The lowest BCUT2D eigenvalue weighted by atomic mass is 9.95. The molecule has 33 heavy (non-hydrogen) atoms. The number of benzene rings is 4. The zero-order chi connectivity index (χ0) is 22.5. The summed E-state index contributed by atoms with van der Waals surface area (Å²) in [4.78, 5) is 0. The highest BCUT2D eigenvalue weighted by molar-refractivity contribution is 9.11. The minimum Gasteiger partial charge on any atom is -0.496 e. The van der Waals surface area contributed by atoms with E-state index < -0.39 is 6.23 Å². The second-order valence-corrected chi connectivity index (χ2v) is 10.00. The quantitative estimate of drug-likeness (QED) is 0.257. The van der Waals surface area contributed by atoms with Crippen LogP contribution in [0, 0.1) is 0 Å². The van der Waals surface area contributed by atoms with Gasteiger partial charge in [-0.3, -0.25) is 0 Å². The van der Waals surface area contributed by atoms with Gasteiger partial charge < -0.3 is 9.47 Å². The van der Waals surface area contributed by atoms with Crippen molar-refractivity contribution in [1.29, 1.82) is 0 Å². The van der Waals surface area contributed by atoms with Gasteiger partial charge in [0.25, 0.3) is 0 Å². The van der Waals surface area contributed by atoms with Gasteiger partial charge in [0.05, 0.1) is 28.9 Å². The van der Waals surface area contributed by atoms with Gasteiger partial charge in [0, 0.05) is 16.5 Å². The number of ether oxygens (including phenoxy) is 2. The van der Waals surface area contributed by atoms with Gasteiger partial charge in [-0.2, -0.15) is 5.10 Å². The van der Waals surface area contributed by atoms with Gasteiger partial charge in [-0.1, -0.05) is 64.5 Å². The minimum atomic E-state index is -0.394. The molecule has 2 aliphatic heterocycles. The van der Waals surface area contributed by atoms with Gasteiger partial charge in [-0.05, 0) is 62.6 Å². The van der Waals surface area contributed by atoms with Gasteiger partial charge in [-0.25, -0.2) is 5.01 Å². The second-order valence-electron chi connectivity index (χ2n) is 8.23. The van der Waals surface area contributed by atoms with Crippen LogP contribution in [0.2, 0.25) is 0 Å². The van der Waals surface area contributed by atoms with E-state index in [0.717, 1.165) is 49.3 Å². The van der Waals surface area contributed by atoms with E-state index in [0.29, 0.717) is 0 Å². The molecule has 0 spiro atoms. The molecule has 0 fully saturated rings. The van der Waals surface area contributed by atoms with Gasteiger partial charge in [0.2, 0.25) is 6.23 Å². The van der Waals surface area contributed by atoms with Crippen molar-refractivity contribution in [3.05, 3.63) is 104 Å². The summed E-state index contributed by atoms with van der Waals surface area (Å²) in [6, 6.07) is 27.2. The van der Waals surface area contributed by atoms with Crippen LogP contribution in [0.5, 0.6) is 11.5 Å². The lowest BCUT2D eigenvalue weighted by molar-refractivity contribution is -0.0210. The average molecular weight is 564 g/mol. The number of methoxy groups -OCH3 is 1. The first-order valence-corrected chi connectivity index (χ1v) is 12.3. The van der Waals surface area contributed by atoms with E-state index in [9.17, 15) is 0 Å². The first-order valence-electron chi connectivity index (χ1n) is 10.8. The van der Waals surface area contributed by atoms with E-state index in [1.54, 1.807) is 7.11 Å². The van der Waals surface area contributed by atoms with Crippen LogP contribution in [0.25, 0.3) is 10.8 Å². The maximum Gasteiger partial charge on any atom is 0.217 e. The highest BCUT2D eigenvalue weighted by Gasteiger charge is 2.42. The Bertz CT molecular complexity index is 1420. The third kappa shape index (κ3) is 3.52. The van der Waals surface area contributed by atoms with Crippen molar-refractivity contribution in [3.8, 4) is 11.5 Å². The molecule has 6 rings (SSSR count). The number of fused-ring (bicyclic) bond motifs is 4. The molecule has 2 atom stereocenters. The van der Waals surface area contributed by atoms with Gasteiger partial charge >= 0.3 is 0 Å². The molecule has 164 valence electrons. The number of halogens is 2. The third-order valence-corrected chi connectivity index (χ3v) is 7.34. The maximum atomic E-state index is 6.59. The molecule has 0 radical (unpaired) electrons. The SMILES string of the molecule is COc1ccccc1[C@H]1Oc2c(Br)cc(Br)cc2[C@@H]2CC(c3ccc4ccccc4c3)=NN12. The predicted molar refractivity (Wildman–Crippen MR) is 138 cm³/mol. The van der Waals surface area contributed by atoms with Crippen LogP contribution < -0.4 is 9.47 Å². The van der Waals surface area contributed by atoms with Gasteiger partial charge in [0.15, 0.2) is 0 Å². The molecule has 0 saturated heterocycles. The summed E-state index contributed by atoms with van der Waals surface area (Å²) >= 11 is 7.36. The van der Waals surface area contributed by atoms with E-state index in [2.05, 4.69) is 85.4 Å². The minimum absolute atomic E-state index is 0.0546. The molecule has 0 N–H and O–H groups in total. The van der Waals surface area contributed by atoms with Crippen molar-refractivity contribution in [1.82, 2.24) is 5.01 Å². The fourth-order valence-electron chi connectivity index (χ4n) is 4.73. The summed E-state index contributed by atoms with van der Waals surface area (Å²) in [7, 11) is 1.69. The Hall–Kier alpha value is -2.83. The van der Waals surface area contributed by atoms with E-state index >= 15 is 0 Å². The molecule has 6 heteroatoms. The first-order chi connectivity index (χ1) is 16.1. The Balaban J connectivity index is 1.49. The summed E-state index contributed by atoms with van der Waals surface area (Å²) in [6.07, 6.45) is 0.401. The first kappa shape index (κ1) is 20.8. The summed E-state index contributed by atoms with van der Waals surface area (Å²) in [6.45, 7) is 0. The van der Waals surface area contributed by atoms with E-state index in [4.69, 9.17) is 14.6 Å². The number of hydrogen-bond acceptors (Lipinski definition) is 4. The molecule has 0 bridgehead atoms. The average Bonchev–Trinajstić information content (AvgIpc) is 3.29. The predicted octanol–water partition coefficient (Wildman–Crippen LogP) is 7.62. The normalized spacial score (nSPS) is 19.0. The second kappa shape index (κ2) is 8.19. The van der Waals surface area contributed by atoms with Crippen molar-refractivity contribution in [2.75, 3.05) is 7.11 Å². The molecule has 2 heterocycles. The van der Waals surface area contributed by atoms with Crippen LogP contribution in [0.3, 0.4) is 0 Å². The van der Waals surface area contributed by atoms with Crippen LogP contribution in [0.15, 0.2) is 92.9 Å². The number of para-hydroxylation sites is 1. The highest BCUT2D eigenvalue weighted by Crippen LogP contribution is 2.51. The summed E-state index contributed by atoms with van der Waals surface area (Å²) < 4.78 is 14.2. The molecule has 0 saturated carbocycles. The molecule has 0 aliphatic carbocycles. The monoisotopic (exact) mass is 562 g/mol. The topological polar surface area (TPSA) is 34.1 Å². The van der Waals surface area contributed by atoms with Crippen molar-refractivity contribution in [2.24, 2.45) is 5.10 Å². The molecule has 4 aromatic carbocycles. The van der Waals surface area contributed by atoms with E-state index in [-0.39, 0.29) is 6.04 Å². The van der Waals surface area contributed by atoms with E-state index in [1.807, 2.05) is 30.3 Å². The Morgan fingerprint density at radius 1 is 0.909 bits per heavy atom. The van der Waals surface area contributed by atoms with Crippen LogP contribution in [-0.4, -0.2) is 17.8 Å². The van der Waals surface area contributed by atoms with E-state index in [1.165, 1.54) is 10.8 Å². The van der Waals surface area contributed by atoms with Gasteiger partial charge in [0.1, 0.15) is 11.5 Å². The molecule has 4 nitrogen and oxygen atoms in total. The Morgan fingerprint density at radius 2 is 1.70 bits per heavy atom. The number of rotatable bonds is 3. The molecule has 4 aromatic rings. The zero-order valence-electron chi connectivity index (χ0n) is 17.8. The molecule has 0 unspecified atom stereocenters. The van der Waals surface area contributed by atoms with Crippen molar-refractivity contribution >= 4 is 48.3 Å². The Morgan fingerprint density at radius 3 is 2.55 bits per heavy atom. The molecular weight excluding hydrogens is 544 g/mol. The highest BCUT2D eigenvalue weighted by atomic mass is 79.9. The number of hydrogen-bond donors (Lipinski definition) is 0. The smallest absolute Gasteiger partial charge is 0.217 e. The lowest BCUT2D eigenvalue weighted by Crippen LogP contribution is -2.34. The Labute approximate surface area is 209 Å². The van der Waals surface area contributed by atoms with Crippen LogP contribution in [0.4, 0.5) is 0 Å². The zero-order valence-corrected chi connectivity index (χ0v) is 21.0. The van der Waals surface area contributed by atoms with Crippen molar-refractivity contribution in [2.45, 2.75) is 18.7 Å². The third-order valence-electron chi connectivity index (χ3n) is 6.30. The van der Waals surface area contributed by atoms with Crippen LogP contribution >= 0.6 is 31.9 Å². The van der Waals surface area contributed by atoms with Crippen LogP contribution in [0.1, 0.15) is 35.4 Å². The van der Waals surface area contributed by atoms with Gasteiger partial charge in [-0.15, -0.1) is 0 Å². The maximum absolute atomic E-state index is 6.59. The summed E-state index contributed by atoms with van der Waals surface area (Å²) in [5.74, 6) is 1.64. The fraction of sp³-hybridized carbons (Fsp3) is 0.148. The molecule has 2 aliphatic rings.